The number of nitroso groups, excluding NO2 is 1. The average molecular weight is 145 g/mol. The highest BCUT2D eigenvalue weighted by Gasteiger charge is 2.02. The minimum Gasteiger partial charge on any atom is -0.481 e. The molecule has 0 fully saturated rings. The summed E-state index contributed by atoms with van der Waals surface area (Å²) in [5.74, 6) is -0.821. The first-order valence-corrected chi connectivity index (χ1v) is 3.21. The van der Waals surface area contributed by atoms with E-state index < -0.39 is 5.97 Å². The van der Waals surface area contributed by atoms with Crippen LogP contribution in [-0.2, 0) is 4.79 Å². The van der Waals surface area contributed by atoms with Crippen molar-refractivity contribution in [3.05, 3.63) is 4.91 Å². The smallest absolute Gasteiger partial charge is 0.303 e. The van der Waals surface area contributed by atoms with Crippen LogP contribution < -0.4 is 0 Å². The van der Waals surface area contributed by atoms with Gasteiger partial charge in [0, 0.05) is 6.42 Å². The molecule has 1 atom stereocenters. The number of aliphatic carboxylic acids is 1. The van der Waals surface area contributed by atoms with Crippen molar-refractivity contribution in [2.75, 3.05) is 0 Å². The summed E-state index contributed by atoms with van der Waals surface area (Å²) in [6.07, 6.45) is 1.22. The second kappa shape index (κ2) is 4.90. The zero-order chi connectivity index (χ0) is 7.98. The lowest BCUT2D eigenvalue weighted by Crippen LogP contribution is -1.99. The third kappa shape index (κ3) is 5.21. The van der Waals surface area contributed by atoms with Crippen LogP contribution in [0.3, 0.4) is 0 Å². The maximum absolute atomic E-state index is 9.96. The molecule has 0 saturated heterocycles. The van der Waals surface area contributed by atoms with Gasteiger partial charge in [0.2, 0.25) is 0 Å². The van der Waals surface area contributed by atoms with E-state index in [-0.39, 0.29) is 12.5 Å². The molecule has 0 saturated carbocycles. The number of carbonyl (C=O) groups is 1. The summed E-state index contributed by atoms with van der Waals surface area (Å²) in [4.78, 5) is 19.7. The summed E-state index contributed by atoms with van der Waals surface area (Å²) < 4.78 is 0. The maximum atomic E-state index is 9.96. The lowest BCUT2D eigenvalue weighted by Gasteiger charge is -1.97. The van der Waals surface area contributed by atoms with Crippen molar-refractivity contribution in [1.29, 1.82) is 0 Å². The lowest BCUT2D eigenvalue weighted by molar-refractivity contribution is -0.137. The van der Waals surface area contributed by atoms with Crippen LogP contribution in [0.4, 0.5) is 0 Å². The van der Waals surface area contributed by atoms with Crippen LogP contribution in [0.2, 0.25) is 0 Å². The van der Waals surface area contributed by atoms with Crippen molar-refractivity contribution in [2.45, 2.75) is 32.2 Å². The predicted octanol–water partition coefficient (Wildman–Crippen LogP) is 1.40. The van der Waals surface area contributed by atoms with Gasteiger partial charge in [-0.25, -0.2) is 0 Å². The van der Waals surface area contributed by atoms with Crippen LogP contribution in [0.15, 0.2) is 5.18 Å². The summed E-state index contributed by atoms with van der Waals surface area (Å²) in [7, 11) is 0. The van der Waals surface area contributed by atoms with Gasteiger partial charge in [-0.3, -0.25) is 4.79 Å². The summed E-state index contributed by atoms with van der Waals surface area (Å²) in [6.45, 7) is 1.68. The maximum Gasteiger partial charge on any atom is 0.303 e. The minimum absolute atomic E-state index is 0.125. The molecule has 0 aromatic heterocycles. The largest absolute Gasteiger partial charge is 0.481 e. The zero-order valence-corrected chi connectivity index (χ0v) is 5.91. The first-order valence-electron chi connectivity index (χ1n) is 3.21. The lowest BCUT2D eigenvalue weighted by atomic mass is 10.1. The molecule has 0 heterocycles. The Morgan fingerprint density at radius 3 is 2.70 bits per heavy atom. The van der Waals surface area contributed by atoms with Gasteiger partial charge in [0.1, 0.15) is 0 Å². The molecule has 0 bridgehead atoms. The van der Waals surface area contributed by atoms with Crippen molar-refractivity contribution >= 4 is 5.97 Å². The fourth-order valence-electron chi connectivity index (χ4n) is 0.601. The van der Waals surface area contributed by atoms with Gasteiger partial charge >= 0.3 is 5.97 Å². The summed E-state index contributed by atoms with van der Waals surface area (Å²) >= 11 is 0. The Bertz CT molecular complexity index is 124. The molecule has 4 heteroatoms. The highest BCUT2D eigenvalue weighted by atomic mass is 16.4. The average Bonchev–Trinajstić information content (AvgIpc) is 1.87. The molecule has 10 heavy (non-hydrogen) atoms. The summed E-state index contributed by atoms with van der Waals surface area (Å²) in [5, 5.41) is 10.9. The Kier molecular flexibility index (Phi) is 4.45. The van der Waals surface area contributed by atoms with E-state index in [9.17, 15) is 9.70 Å². The Balaban J connectivity index is 3.19. The van der Waals surface area contributed by atoms with Gasteiger partial charge in [-0.1, -0.05) is 5.18 Å². The molecule has 1 N–H and O–H groups in total. The fourth-order valence-corrected chi connectivity index (χ4v) is 0.601. The van der Waals surface area contributed by atoms with Crippen molar-refractivity contribution in [3.63, 3.8) is 0 Å². The second-order valence-electron chi connectivity index (χ2n) is 2.24. The van der Waals surface area contributed by atoms with Crippen LogP contribution in [0.5, 0.6) is 0 Å². The van der Waals surface area contributed by atoms with E-state index >= 15 is 0 Å². The Morgan fingerprint density at radius 1 is 1.70 bits per heavy atom. The van der Waals surface area contributed by atoms with Gasteiger partial charge in [0.15, 0.2) is 0 Å². The highest BCUT2D eigenvalue weighted by Crippen LogP contribution is 2.02. The predicted molar refractivity (Wildman–Crippen MR) is 36.7 cm³/mol. The Labute approximate surface area is 59.2 Å². The third-order valence-electron chi connectivity index (χ3n) is 1.19. The molecule has 4 nitrogen and oxygen atoms in total. The number of carboxylic acid groups (broad SMARTS) is 1. The molecule has 0 aromatic carbocycles. The minimum atomic E-state index is -0.821. The topological polar surface area (TPSA) is 66.7 Å². The van der Waals surface area contributed by atoms with Gasteiger partial charge in [0.05, 0.1) is 6.04 Å². The van der Waals surface area contributed by atoms with Gasteiger partial charge in [-0.15, -0.1) is 0 Å². The van der Waals surface area contributed by atoms with Crippen LogP contribution in [0, 0.1) is 4.91 Å². The van der Waals surface area contributed by atoms with Crippen molar-refractivity contribution < 1.29 is 9.90 Å². The standard InChI is InChI=1S/C6H11NO3/c1-5(7-10)3-2-4-6(8)9/h5H,2-4H2,1H3,(H,8,9). The second-order valence-corrected chi connectivity index (χ2v) is 2.24. The van der Waals surface area contributed by atoms with Crippen LogP contribution in [-0.4, -0.2) is 17.1 Å². The van der Waals surface area contributed by atoms with E-state index in [4.69, 9.17) is 5.11 Å². The number of nitrogens with zero attached hydrogens (tertiary/aromatic N) is 1. The number of hydrogen-bond donors (Lipinski definition) is 1. The molecule has 0 aliphatic carbocycles. The van der Waals surface area contributed by atoms with E-state index in [0.29, 0.717) is 12.8 Å². The molecule has 0 aliphatic rings. The molecule has 0 amide bonds. The zero-order valence-electron chi connectivity index (χ0n) is 5.91. The number of rotatable bonds is 5. The van der Waals surface area contributed by atoms with E-state index in [1.807, 2.05) is 0 Å². The molecule has 0 radical (unpaired) electrons. The SMILES string of the molecule is CC(CCCC(=O)O)N=O. The van der Waals surface area contributed by atoms with Crippen molar-refractivity contribution in [1.82, 2.24) is 0 Å². The van der Waals surface area contributed by atoms with Gasteiger partial charge in [-0.2, -0.15) is 4.91 Å². The highest BCUT2D eigenvalue weighted by molar-refractivity contribution is 5.66. The number of carboxylic acids is 1. The molecular weight excluding hydrogens is 134 g/mol. The van der Waals surface area contributed by atoms with E-state index in [1.165, 1.54) is 0 Å². The summed E-state index contributed by atoms with van der Waals surface area (Å²) in [5.41, 5.74) is 0. The Morgan fingerprint density at radius 2 is 2.30 bits per heavy atom. The van der Waals surface area contributed by atoms with E-state index in [0.717, 1.165) is 0 Å². The van der Waals surface area contributed by atoms with Crippen LogP contribution in [0.25, 0.3) is 0 Å². The van der Waals surface area contributed by atoms with Crippen LogP contribution >= 0.6 is 0 Å². The number of hydrogen-bond acceptors (Lipinski definition) is 3. The molecule has 0 aliphatic heterocycles. The molecule has 0 aromatic rings. The molecule has 0 spiro atoms. The monoisotopic (exact) mass is 145 g/mol. The van der Waals surface area contributed by atoms with Crippen molar-refractivity contribution in [3.8, 4) is 0 Å². The quantitative estimate of drug-likeness (QED) is 0.594. The van der Waals surface area contributed by atoms with Gasteiger partial charge < -0.3 is 5.11 Å². The Hall–Kier alpha value is -0.930. The van der Waals surface area contributed by atoms with Crippen molar-refractivity contribution in [2.24, 2.45) is 5.18 Å². The third-order valence-corrected chi connectivity index (χ3v) is 1.19. The van der Waals surface area contributed by atoms with E-state index in [2.05, 4.69) is 5.18 Å². The van der Waals surface area contributed by atoms with Gasteiger partial charge in [-0.05, 0) is 19.8 Å². The first-order chi connectivity index (χ1) is 4.66. The van der Waals surface area contributed by atoms with Crippen LogP contribution in [0.1, 0.15) is 26.2 Å². The first kappa shape index (κ1) is 9.07. The molecule has 58 valence electrons. The van der Waals surface area contributed by atoms with Gasteiger partial charge in [0.25, 0.3) is 0 Å². The molecular formula is C6H11NO3. The fraction of sp³-hybridized carbons (Fsp3) is 0.833. The van der Waals surface area contributed by atoms with E-state index in [1.54, 1.807) is 6.92 Å². The normalized spacial score (nSPS) is 12.5. The molecule has 0 rings (SSSR count). The summed E-state index contributed by atoms with van der Waals surface area (Å²) in [6, 6.07) is -0.251. The molecule has 1 unspecified atom stereocenters.